The topological polar surface area (TPSA) is 65.9 Å². The van der Waals surface area contributed by atoms with E-state index in [4.69, 9.17) is 27.9 Å². The fourth-order valence-corrected chi connectivity index (χ4v) is 4.02. The van der Waals surface area contributed by atoms with Crippen LogP contribution in [0.15, 0.2) is 53.5 Å². The van der Waals surface area contributed by atoms with Crippen molar-refractivity contribution in [1.29, 1.82) is 0 Å². The third-order valence-corrected chi connectivity index (χ3v) is 5.35. The van der Waals surface area contributed by atoms with Gasteiger partial charge in [-0.3, -0.25) is 4.99 Å². The lowest BCUT2D eigenvalue weighted by molar-refractivity contribution is 0.0915. The van der Waals surface area contributed by atoms with Gasteiger partial charge in [-0.25, -0.2) is 0 Å². The van der Waals surface area contributed by atoms with Crippen molar-refractivity contribution in [3.8, 4) is 0 Å². The first-order valence-corrected chi connectivity index (χ1v) is 10.6. The van der Waals surface area contributed by atoms with E-state index in [1.807, 2.05) is 25.1 Å². The van der Waals surface area contributed by atoms with Gasteiger partial charge in [0.25, 0.3) is 0 Å². The molecule has 0 radical (unpaired) electrons. The van der Waals surface area contributed by atoms with Crippen molar-refractivity contribution >= 4 is 53.1 Å². The number of halogens is 3. The van der Waals surface area contributed by atoms with Crippen LogP contribution in [0, 0.1) is 5.92 Å². The van der Waals surface area contributed by atoms with Crippen LogP contribution in [0.4, 0.5) is 0 Å². The lowest BCUT2D eigenvalue weighted by Gasteiger charge is -2.21. The Hall–Kier alpha value is -1.06. The van der Waals surface area contributed by atoms with Crippen molar-refractivity contribution in [3.05, 3.63) is 69.7 Å². The number of aliphatic imine (C=N–C) groups is 1. The van der Waals surface area contributed by atoms with Crippen LogP contribution in [0.1, 0.15) is 36.7 Å². The van der Waals surface area contributed by atoms with Gasteiger partial charge in [0, 0.05) is 35.7 Å². The van der Waals surface area contributed by atoms with Crippen LogP contribution < -0.4 is 10.6 Å². The van der Waals surface area contributed by atoms with Gasteiger partial charge in [0.1, 0.15) is 0 Å². The standard InChI is InChI=1S/C22H27Cl2N3O2.HI/c1-2-25-22(27-14-20(28)17-10-18(23)12-19(24)11-17)26-13-16-8-9-29-21(16)15-6-4-3-5-7-15;/h3-7,10-12,16,20-21,28H,2,8-9,13-14H2,1H3,(H2,25,26,27);1H. The molecule has 3 atom stereocenters. The van der Waals surface area contributed by atoms with Crippen molar-refractivity contribution < 1.29 is 9.84 Å². The van der Waals surface area contributed by atoms with E-state index in [1.54, 1.807) is 18.2 Å². The van der Waals surface area contributed by atoms with Crippen molar-refractivity contribution in [3.63, 3.8) is 0 Å². The predicted octanol–water partition coefficient (Wildman–Crippen LogP) is 4.98. The molecule has 30 heavy (non-hydrogen) atoms. The summed E-state index contributed by atoms with van der Waals surface area (Å²) in [5.74, 6) is 1.02. The molecule has 164 valence electrons. The predicted molar refractivity (Wildman–Crippen MR) is 134 cm³/mol. The molecule has 0 bridgehead atoms. The van der Waals surface area contributed by atoms with Crippen LogP contribution >= 0.6 is 47.2 Å². The second-order valence-electron chi connectivity index (χ2n) is 7.07. The first-order valence-electron chi connectivity index (χ1n) is 9.89. The highest BCUT2D eigenvalue weighted by Gasteiger charge is 2.29. The first-order chi connectivity index (χ1) is 14.1. The summed E-state index contributed by atoms with van der Waals surface area (Å²) < 4.78 is 5.96. The number of nitrogens with one attached hydrogen (secondary N) is 2. The number of hydrogen-bond donors (Lipinski definition) is 3. The normalized spacial score (nSPS) is 19.8. The summed E-state index contributed by atoms with van der Waals surface area (Å²) >= 11 is 12.1. The molecule has 0 aromatic heterocycles. The van der Waals surface area contributed by atoms with Crippen LogP contribution in [0.2, 0.25) is 10.0 Å². The van der Waals surface area contributed by atoms with Crippen LogP contribution in [-0.4, -0.2) is 37.3 Å². The zero-order valence-corrected chi connectivity index (χ0v) is 20.7. The summed E-state index contributed by atoms with van der Waals surface area (Å²) in [6.07, 6.45) is 0.301. The molecule has 1 aliphatic heterocycles. The Morgan fingerprint density at radius 3 is 2.53 bits per heavy atom. The highest BCUT2D eigenvalue weighted by molar-refractivity contribution is 14.0. The molecule has 8 heteroatoms. The van der Waals surface area contributed by atoms with E-state index < -0.39 is 6.10 Å². The van der Waals surface area contributed by atoms with Gasteiger partial charge in [0.05, 0.1) is 18.8 Å². The van der Waals surface area contributed by atoms with Crippen LogP contribution in [0.5, 0.6) is 0 Å². The van der Waals surface area contributed by atoms with E-state index in [1.165, 1.54) is 5.56 Å². The maximum atomic E-state index is 10.5. The van der Waals surface area contributed by atoms with Gasteiger partial charge < -0.3 is 20.5 Å². The zero-order chi connectivity index (χ0) is 20.6. The summed E-state index contributed by atoms with van der Waals surface area (Å²) in [5.41, 5.74) is 1.85. The fourth-order valence-electron chi connectivity index (χ4n) is 3.47. The quantitative estimate of drug-likeness (QED) is 0.253. The van der Waals surface area contributed by atoms with Crippen LogP contribution in [0.25, 0.3) is 0 Å². The van der Waals surface area contributed by atoms with E-state index in [2.05, 4.69) is 27.8 Å². The first kappa shape index (κ1) is 25.2. The Morgan fingerprint density at radius 1 is 1.17 bits per heavy atom. The summed E-state index contributed by atoms with van der Waals surface area (Å²) in [6.45, 7) is 4.44. The Bertz CT molecular complexity index is 803. The summed E-state index contributed by atoms with van der Waals surface area (Å²) in [6, 6.07) is 15.3. The molecule has 3 rings (SSSR count). The maximum Gasteiger partial charge on any atom is 0.191 e. The van der Waals surface area contributed by atoms with Crippen LogP contribution in [-0.2, 0) is 4.74 Å². The SMILES string of the molecule is CCNC(=NCC(O)c1cc(Cl)cc(Cl)c1)NCC1CCOC1c1ccccc1.I. The third kappa shape index (κ3) is 7.27. The molecule has 0 amide bonds. The average Bonchev–Trinajstić information content (AvgIpc) is 3.18. The molecule has 2 aromatic carbocycles. The highest BCUT2D eigenvalue weighted by Crippen LogP contribution is 2.33. The lowest BCUT2D eigenvalue weighted by atomic mass is 9.95. The van der Waals surface area contributed by atoms with Gasteiger partial charge in [0.2, 0.25) is 0 Å². The minimum absolute atomic E-state index is 0. The fraction of sp³-hybridized carbons (Fsp3) is 0.409. The van der Waals surface area contributed by atoms with Gasteiger partial charge in [-0.15, -0.1) is 24.0 Å². The molecule has 1 aliphatic rings. The number of ether oxygens (including phenoxy) is 1. The monoisotopic (exact) mass is 563 g/mol. The van der Waals surface area contributed by atoms with E-state index in [0.29, 0.717) is 27.5 Å². The van der Waals surface area contributed by atoms with E-state index >= 15 is 0 Å². The van der Waals surface area contributed by atoms with E-state index in [9.17, 15) is 5.11 Å². The average molecular weight is 564 g/mol. The Balaban J connectivity index is 0.00000320. The smallest absolute Gasteiger partial charge is 0.191 e. The summed E-state index contributed by atoms with van der Waals surface area (Å²) in [7, 11) is 0. The molecule has 1 heterocycles. The minimum Gasteiger partial charge on any atom is -0.386 e. The largest absolute Gasteiger partial charge is 0.386 e. The minimum atomic E-state index is -0.784. The summed E-state index contributed by atoms with van der Waals surface area (Å²) in [4.78, 5) is 4.53. The van der Waals surface area contributed by atoms with E-state index in [-0.39, 0.29) is 36.6 Å². The molecule has 1 saturated heterocycles. The lowest BCUT2D eigenvalue weighted by Crippen LogP contribution is -2.40. The molecule has 5 nitrogen and oxygen atoms in total. The molecular weight excluding hydrogens is 536 g/mol. The molecular formula is C22H28Cl2IN3O2. The van der Waals surface area contributed by atoms with Gasteiger partial charge in [0.15, 0.2) is 5.96 Å². The van der Waals surface area contributed by atoms with Gasteiger partial charge in [-0.05, 0) is 42.7 Å². The number of rotatable bonds is 7. The number of benzene rings is 2. The van der Waals surface area contributed by atoms with Gasteiger partial charge >= 0.3 is 0 Å². The van der Waals surface area contributed by atoms with Crippen molar-refractivity contribution in [2.24, 2.45) is 10.9 Å². The summed E-state index contributed by atoms with van der Waals surface area (Å²) in [5, 5.41) is 18.1. The van der Waals surface area contributed by atoms with Crippen molar-refractivity contribution in [2.45, 2.75) is 25.6 Å². The van der Waals surface area contributed by atoms with E-state index in [0.717, 1.165) is 26.1 Å². The molecule has 0 spiro atoms. The Labute approximate surface area is 205 Å². The van der Waals surface area contributed by atoms with Crippen molar-refractivity contribution in [1.82, 2.24) is 10.6 Å². The maximum absolute atomic E-state index is 10.5. The molecule has 2 aromatic rings. The second-order valence-corrected chi connectivity index (χ2v) is 7.94. The zero-order valence-electron chi connectivity index (χ0n) is 16.9. The number of hydrogen-bond acceptors (Lipinski definition) is 3. The van der Waals surface area contributed by atoms with Gasteiger partial charge in [-0.2, -0.15) is 0 Å². The van der Waals surface area contributed by atoms with Gasteiger partial charge in [-0.1, -0.05) is 53.5 Å². The molecule has 0 aliphatic carbocycles. The molecule has 3 N–H and O–H groups in total. The van der Waals surface area contributed by atoms with Crippen molar-refractivity contribution in [2.75, 3.05) is 26.2 Å². The van der Waals surface area contributed by atoms with Crippen LogP contribution in [0.3, 0.4) is 0 Å². The number of nitrogens with zero attached hydrogens (tertiary/aromatic N) is 1. The molecule has 1 fully saturated rings. The molecule has 0 saturated carbocycles. The molecule has 3 unspecified atom stereocenters. The number of aliphatic hydroxyl groups is 1. The third-order valence-electron chi connectivity index (χ3n) is 4.91. The number of guanidine groups is 1. The number of aliphatic hydroxyl groups excluding tert-OH is 1. The Morgan fingerprint density at radius 2 is 1.87 bits per heavy atom. The Kier molecular flexibility index (Phi) is 10.7. The second kappa shape index (κ2) is 12.7. The highest BCUT2D eigenvalue weighted by atomic mass is 127.